The van der Waals surface area contributed by atoms with Gasteiger partial charge in [-0.2, -0.15) is 0 Å². The summed E-state index contributed by atoms with van der Waals surface area (Å²) >= 11 is 0. The second-order valence-electron chi connectivity index (χ2n) is 8.20. The smallest absolute Gasteiger partial charge is 0.226 e. The number of carbonyl (C=O) groups excluding carboxylic acids is 1. The summed E-state index contributed by atoms with van der Waals surface area (Å²) in [6.45, 7) is 12.4. The van der Waals surface area contributed by atoms with Crippen molar-refractivity contribution in [3.63, 3.8) is 0 Å². The Hall–Kier alpha value is -0.650. The van der Waals surface area contributed by atoms with E-state index in [1.54, 1.807) is 0 Å². The van der Waals surface area contributed by atoms with Crippen molar-refractivity contribution < 1.29 is 9.53 Å². The van der Waals surface area contributed by atoms with E-state index in [2.05, 4.69) is 30.7 Å². The second-order valence-corrected chi connectivity index (χ2v) is 8.20. The number of nitrogens with zero attached hydrogens (tertiary/aromatic N) is 3. The molecule has 1 amide bonds. The first-order valence-electron chi connectivity index (χ1n) is 9.11. The summed E-state index contributed by atoms with van der Waals surface area (Å²) in [6.07, 6.45) is 3.36. The summed E-state index contributed by atoms with van der Waals surface area (Å²) in [4.78, 5) is 19.2. The number of carbonyl (C=O) groups is 1. The summed E-state index contributed by atoms with van der Waals surface area (Å²) in [5.74, 6) is 0.507. The molecule has 2 rings (SSSR count). The molecule has 0 bridgehead atoms. The van der Waals surface area contributed by atoms with Crippen molar-refractivity contribution in [2.75, 3.05) is 66.6 Å². The Bertz CT molecular complexity index is 380. The number of amides is 1. The molecule has 2 heterocycles. The summed E-state index contributed by atoms with van der Waals surface area (Å²) < 4.78 is 5.44. The molecule has 0 N–H and O–H groups in total. The summed E-state index contributed by atoms with van der Waals surface area (Å²) in [5.41, 5.74) is 0.228. The summed E-state index contributed by atoms with van der Waals surface area (Å²) in [5, 5.41) is 0. The highest BCUT2D eigenvalue weighted by Crippen LogP contribution is 2.22. The number of morpholine rings is 1. The number of hydrogen-bond acceptors (Lipinski definition) is 4. The molecule has 23 heavy (non-hydrogen) atoms. The number of ether oxygens (including phenoxy) is 1. The van der Waals surface area contributed by atoms with E-state index in [1.807, 2.05) is 11.9 Å². The molecule has 0 aromatic rings. The number of hydrogen-bond donors (Lipinski definition) is 0. The van der Waals surface area contributed by atoms with Crippen LogP contribution in [0.1, 0.15) is 33.1 Å². The maximum absolute atomic E-state index is 12.4. The molecule has 0 radical (unpaired) electrons. The van der Waals surface area contributed by atoms with Crippen LogP contribution in [0.25, 0.3) is 0 Å². The highest BCUT2D eigenvalue weighted by molar-refractivity contribution is 5.79. The van der Waals surface area contributed by atoms with Crippen LogP contribution in [0, 0.1) is 11.3 Å². The van der Waals surface area contributed by atoms with Gasteiger partial charge in [-0.15, -0.1) is 0 Å². The second kappa shape index (κ2) is 8.45. The van der Waals surface area contributed by atoms with Gasteiger partial charge in [0.05, 0.1) is 19.1 Å². The normalized spacial score (nSPS) is 25.0. The average Bonchev–Trinajstić information content (AvgIpc) is 2.63. The predicted octanol–water partition coefficient (Wildman–Crippen LogP) is 1.54. The van der Waals surface area contributed by atoms with Gasteiger partial charge in [-0.05, 0) is 25.3 Å². The highest BCUT2D eigenvalue weighted by atomic mass is 16.5. The van der Waals surface area contributed by atoms with Gasteiger partial charge in [-0.1, -0.05) is 20.3 Å². The molecule has 2 saturated heterocycles. The largest absolute Gasteiger partial charge is 0.379 e. The van der Waals surface area contributed by atoms with Crippen LogP contribution in [-0.4, -0.2) is 87.2 Å². The van der Waals surface area contributed by atoms with Crippen molar-refractivity contribution in [1.29, 1.82) is 0 Å². The van der Waals surface area contributed by atoms with Gasteiger partial charge in [0.25, 0.3) is 0 Å². The Morgan fingerprint density at radius 2 is 1.91 bits per heavy atom. The average molecular weight is 325 g/mol. The van der Waals surface area contributed by atoms with Crippen LogP contribution < -0.4 is 0 Å². The predicted molar refractivity (Wildman–Crippen MR) is 93.5 cm³/mol. The fourth-order valence-corrected chi connectivity index (χ4v) is 4.04. The minimum atomic E-state index is 0.173. The quantitative estimate of drug-likeness (QED) is 0.742. The summed E-state index contributed by atoms with van der Waals surface area (Å²) in [7, 11) is 4.11. The van der Waals surface area contributed by atoms with Crippen LogP contribution in [-0.2, 0) is 9.53 Å². The Balaban J connectivity index is 1.82. The van der Waals surface area contributed by atoms with Crippen LogP contribution in [0.4, 0.5) is 0 Å². The molecule has 0 aromatic carbocycles. The fraction of sp³-hybridized carbons (Fsp3) is 0.944. The molecule has 2 fully saturated rings. The Morgan fingerprint density at radius 1 is 1.22 bits per heavy atom. The number of likely N-dealkylation sites (tertiary alicyclic amines) is 1. The van der Waals surface area contributed by atoms with Gasteiger partial charge in [0.15, 0.2) is 0 Å². The minimum Gasteiger partial charge on any atom is -0.379 e. The molecule has 2 aliphatic rings. The van der Waals surface area contributed by atoms with Crippen molar-refractivity contribution in [3.05, 3.63) is 0 Å². The zero-order valence-electron chi connectivity index (χ0n) is 15.5. The first-order chi connectivity index (χ1) is 10.9. The molecule has 0 saturated carbocycles. The van der Waals surface area contributed by atoms with E-state index in [0.29, 0.717) is 5.91 Å². The first-order valence-corrected chi connectivity index (χ1v) is 9.11. The van der Waals surface area contributed by atoms with E-state index in [4.69, 9.17) is 4.74 Å². The lowest BCUT2D eigenvalue weighted by Crippen LogP contribution is -2.46. The van der Waals surface area contributed by atoms with Crippen molar-refractivity contribution >= 4 is 5.91 Å². The van der Waals surface area contributed by atoms with Crippen molar-refractivity contribution in [2.45, 2.75) is 33.1 Å². The molecule has 1 atom stereocenters. The third-order valence-electron chi connectivity index (χ3n) is 5.01. The van der Waals surface area contributed by atoms with E-state index in [9.17, 15) is 4.79 Å². The molecule has 2 aliphatic heterocycles. The third kappa shape index (κ3) is 6.05. The monoisotopic (exact) mass is 325 g/mol. The van der Waals surface area contributed by atoms with Crippen molar-refractivity contribution in [1.82, 2.24) is 14.7 Å². The maximum Gasteiger partial charge on any atom is 0.226 e. The molecular weight excluding hydrogens is 290 g/mol. The maximum atomic E-state index is 12.4. The highest BCUT2D eigenvalue weighted by Gasteiger charge is 2.29. The lowest BCUT2D eigenvalue weighted by molar-refractivity contribution is -0.134. The van der Waals surface area contributed by atoms with E-state index in [1.165, 1.54) is 6.42 Å². The van der Waals surface area contributed by atoms with Gasteiger partial charge >= 0.3 is 0 Å². The van der Waals surface area contributed by atoms with Crippen molar-refractivity contribution in [3.8, 4) is 0 Å². The molecule has 0 spiro atoms. The Morgan fingerprint density at radius 3 is 2.61 bits per heavy atom. The lowest BCUT2D eigenvalue weighted by atomic mass is 9.91. The van der Waals surface area contributed by atoms with Gasteiger partial charge < -0.3 is 14.5 Å². The van der Waals surface area contributed by atoms with Gasteiger partial charge in [-0.25, -0.2) is 0 Å². The van der Waals surface area contributed by atoms with E-state index in [-0.39, 0.29) is 11.3 Å². The zero-order valence-corrected chi connectivity index (χ0v) is 15.5. The van der Waals surface area contributed by atoms with Gasteiger partial charge in [0, 0.05) is 46.3 Å². The lowest BCUT2D eigenvalue weighted by Gasteiger charge is -2.37. The SMILES string of the molecule is CN(C[C@H]1CCCCN(C)C1=O)CC(C)(C)CN1CCOCC1. The van der Waals surface area contributed by atoms with Crippen LogP contribution >= 0.6 is 0 Å². The van der Waals surface area contributed by atoms with Crippen LogP contribution in [0.5, 0.6) is 0 Å². The van der Waals surface area contributed by atoms with Gasteiger partial charge in [0.2, 0.25) is 5.91 Å². The Labute approximate surface area is 141 Å². The molecule has 0 aromatic heterocycles. The molecular formula is C18H35N3O2. The molecule has 5 heteroatoms. The van der Waals surface area contributed by atoms with Crippen LogP contribution in [0.15, 0.2) is 0 Å². The molecule has 134 valence electrons. The zero-order chi connectivity index (χ0) is 16.9. The van der Waals surface area contributed by atoms with Crippen LogP contribution in [0.2, 0.25) is 0 Å². The molecule has 5 nitrogen and oxygen atoms in total. The third-order valence-corrected chi connectivity index (χ3v) is 5.01. The fourth-order valence-electron chi connectivity index (χ4n) is 4.04. The van der Waals surface area contributed by atoms with E-state index >= 15 is 0 Å². The van der Waals surface area contributed by atoms with Gasteiger partial charge in [0.1, 0.15) is 0 Å². The standard InChI is InChI=1S/C18H35N3O2/c1-18(2,15-21-9-11-23-12-10-21)14-19(3)13-16-7-5-6-8-20(4)17(16)22/h16H,5-15H2,1-4H3/t16-/m1/s1. The first kappa shape index (κ1) is 18.7. The van der Waals surface area contributed by atoms with E-state index < -0.39 is 0 Å². The van der Waals surface area contributed by atoms with Crippen molar-refractivity contribution in [2.24, 2.45) is 11.3 Å². The topological polar surface area (TPSA) is 36.0 Å². The van der Waals surface area contributed by atoms with Crippen LogP contribution in [0.3, 0.4) is 0 Å². The number of rotatable bonds is 6. The Kier molecular flexibility index (Phi) is 6.86. The van der Waals surface area contributed by atoms with Gasteiger partial charge in [-0.3, -0.25) is 9.69 Å². The molecule has 0 unspecified atom stereocenters. The minimum absolute atomic E-state index is 0.173. The molecule has 0 aliphatic carbocycles. The summed E-state index contributed by atoms with van der Waals surface area (Å²) in [6, 6.07) is 0. The van der Waals surface area contributed by atoms with E-state index in [0.717, 1.165) is 65.3 Å².